The van der Waals surface area contributed by atoms with Crippen LogP contribution in [0.4, 0.5) is 0 Å². The summed E-state index contributed by atoms with van der Waals surface area (Å²) in [5, 5.41) is 0. The Labute approximate surface area is 76.7 Å². The van der Waals surface area contributed by atoms with Gasteiger partial charge in [0.2, 0.25) is 0 Å². The van der Waals surface area contributed by atoms with Crippen molar-refractivity contribution in [3.63, 3.8) is 0 Å². The molecule has 0 saturated heterocycles. The van der Waals surface area contributed by atoms with Crippen LogP contribution in [0.25, 0.3) is 0 Å². The Morgan fingerprint density at radius 3 is 1.64 bits per heavy atom. The summed E-state index contributed by atoms with van der Waals surface area (Å²) < 4.78 is 2.31. The van der Waals surface area contributed by atoms with Crippen molar-refractivity contribution in [1.82, 2.24) is 4.40 Å². The van der Waals surface area contributed by atoms with Crippen LogP contribution in [0.2, 0.25) is 0 Å². The minimum absolute atomic E-state index is 0.00463. The molecule has 0 unspecified atom stereocenters. The molecule has 0 aromatic carbocycles. The van der Waals surface area contributed by atoms with Gasteiger partial charge in [-0.15, -0.1) is 0 Å². The first-order valence-corrected chi connectivity index (χ1v) is 4.37. The van der Waals surface area contributed by atoms with Crippen molar-refractivity contribution in [3.8, 4) is 0 Å². The van der Waals surface area contributed by atoms with Gasteiger partial charge in [0, 0.05) is 0 Å². The van der Waals surface area contributed by atoms with Crippen molar-refractivity contribution in [3.05, 3.63) is 0 Å². The summed E-state index contributed by atoms with van der Waals surface area (Å²) in [6.45, 7) is 8.17. The molecule has 0 aromatic heterocycles. The third-order valence-corrected chi connectivity index (χ3v) is 2.06. The van der Waals surface area contributed by atoms with Crippen LogP contribution in [-0.4, -0.2) is 5.91 Å². The number of hydrogen-bond donors (Lipinski definition) is 1. The number of amides is 1. The Kier molecular flexibility index (Phi) is 4.75. The van der Waals surface area contributed by atoms with Crippen LogP contribution in [0.3, 0.4) is 0 Å². The Hall–Kier alpha value is -0.0365. The third kappa shape index (κ3) is 3.24. The number of rotatable bonds is 3. The first kappa shape index (κ1) is 11.0. The molecule has 0 spiro atoms. The molecule has 0 fully saturated rings. The van der Waals surface area contributed by atoms with Gasteiger partial charge in [0.15, 0.2) is 0 Å². The van der Waals surface area contributed by atoms with E-state index in [9.17, 15) is 4.79 Å². The number of hydrogen-bond acceptors (Lipinski definition) is 1. The molecule has 0 saturated carbocycles. The van der Waals surface area contributed by atoms with E-state index >= 15 is 0 Å². The summed E-state index contributed by atoms with van der Waals surface area (Å²) in [5.74, 6) is 0.786. The Morgan fingerprint density at radius 1 is 1.18 bits per heavy atom. The molecule has 3 heteroatoms. The normalized spacial score (nSPS) is 11.4. The quantitative estimate of drug-likeness (QED) is 0.688. The summed E-state index contributed by atoms with van der Waals surface area (Å²) in [5.41, 5.74) is 0. The van der Waals surface area contributed by atoms with Crippen molar-refractivity contribution >= 4 is 5.91 Å². The van der Waals surface area contributed by atoms with Gasteiger partial charge in [0.05, 0.1) is 0 Å². The van der Waals surface area contributed by atoms with Crippen LogP contribution in [-0.2, 0) is 20.5 Å². The molecule has 0 bridgehead atoms. The van der Waals surface area contributed by atoms with E-state index in [1.165, 1.54) is 0 Å². The zero-order valence-corrected chi connectivity index (χ0v) is 8.44. The first-order chi connectivity index (χ1) is 5.00. The van der Waals surface area contributed by atoms with E-state index in [1.807, 2.05) is 27.7 Å². The van der Waals surface area contributed by atoms with Crippen LogP contribution >= 0.6 is 0 Å². The molecular formula is C8H16NNiO. The number of nitrogens with one attached hydrogen (secondary N) is 1. The summed E-state index contributed by atoms with van der Waals surface area (Å²) in [4.78, 5) is 11.2. The van der Waals surface area contributed by atoms with Crippen LogP contribution < -0.4 is 4.40 Å². The predicted octanol–water partition coefficient (Wildman–Crippen LogP) is 1.49. The van der Waals surface area contributed by atoms with Gasteiger partial charge in [-0.3, -0.25) is 0 Å². The van der Waals surface area contributed by atoms with Crippen LogP contribution in [0.5, 0.6) is 0 Å². The van der Waals surface area contributed by atoms with Gasteiger partial charge in [-0.05, 0) is 0 Å². The molecule has 0 rings (SSSR count). The van der Waals surface area contributed by atoms with E-state index in [2.05, 4.69) is 20.1 Å². The van der Waals surface area contributed by atoms with Gasteiger partial charge < -0.3 is 0 Å². The molecule has 0 heterocycles. The van der Waals surface area contributed by atoms with Gasteiger partial charge >= 0.3 is 76.2 Å². The zero-order chi connectivity index (χ0) is 9.02. The SMILES string of the molecule is CC(C)C(C(=O)[NH][Ni])C(C)C. The zero-order valence-electron chi connectivity index (χ0n) is 7.46. The van der Waals surface area contributed by atoms with Crippen molar-refractivity contribution < 1.29 is 20.5 Å². The molecular weight excluding hydrogens is 185 g/mol. The average Bonchev–Trinajstić information content (AvgIpc) is 1.85. The van der Waals surface area contributed by atoms with Gasteiger partial charge in [0.1, 0.15) is 0 Å². The molecule has 0 aliphatic heterocycles. The molecule has 69 valence electrons. The van der Waals surface area contributed by atoms with E-state index in [0.29, 0.717) is 11.8 Å². The summed E-state index contributed by atoms with van der Waals surface area (Å²) in [6, 6.07) is 0. The molecule has 0 atom stereocenters. The van der Waals surface area contributed by atoms with Crippen LogP contribution in [0.1, 0.15) is 27.7 Å². The molecule has 1 N–H and O–H groups in total. The summed E-state index contributed by atoms with van der Waals surface area (Å²) in [7, 11) is 0. The molecule has 0 aromatic rings. The Morgan fingerprint density at radius 2 is 1.55 bits per heavy atom. The maximum absolute atomic E-state index is 11.2. The van der Waals surface area contributed by atoms with Crippen molar-refractivity contribution in [2.24, 2.45) is 17.8 Å². The second-order valence-electron chi connectivity index (χ2n) is 3.46. The van der Waals surface area contributed by atoms with Gasteiger partial charge in [-0.1, -0.05) is 0 Å². The van der Waals surface area contributed by atoms with Gasteiger partial charge in [0.25, 0.3) is 0 Å². The van der Waals surface area contributed by atoms with E-state index in [-0.39, 0.29) is 11.8 Å². The summed E-state index contributed by atoms with van der Waals surface area (Å²) >= 11 is 4.21. The Bertz CT molecular complexity index is 126. The van der Waals surface area contributed by atoms with Crippen molar-refractivity contribution in [2.45, 2.75) is 27.7 Å². The van der Waals surface area contributed by atoms with E-state index in [4.69, 9.17) is 0 Å². The molecule has 2 nitrogen and oxygen atoms in total. The fourth-order valence-electron chi connectivity index (χ4n) is 1.43. The second-order valence-corrected chi connectivity index (χ2v) is 3.70. The first-order valence-electron chi connectivity index (χ1n) is 3.88. The van der Waals surface area contributed by atoms with E-state index < -0.39 is 0 Å². The fraction of sp³-hybridized carbons (Fsp3) is 0.875. The van der Waals surface area contributed by atoms with Gasteiger partial charge in [-0.25, -0.2) is 0 Å². The van der Waals surface area contributed by atoms with Gasteiger partial charge in [-0.2, -0.15) is 0 Å². The standard InChI is InChI=1S/C8H17NO.Ni/c1-5(2)7(6(3)4)8(9)10;/h5-7H,1-4H3,(H2,9,10);/q;+1/p-1. The van der Waals surface area contributed by atoms with E-state index in [0.717, 1.165) is 0 Å². The van der Waals surface area contributed by atoms with E-state index in [1.54, 1.807) is 0 Å². The molecule has 0 aliphatic carbocycles. The fourth-order valence-corrected chi connectivity index (χ4v) is 1.59. The monoisotopic (exact) mass is 200 g/mol. The molecule has 1 amide bonds. The van der Waals surface area contributed by atoms with Crippen molar-refractivity contribution in [2.75, 3.05) is 0 Å². The van der Waals surface area contributed by atoms with Crippen LogP contribution in [0, 0.1) is 17.8 Å². The number of carbonyl (C=O) groups is 1. The van der Waals surface area contributed by atoms with Crippen LogP contribution in [0.15, 0.2) is 0 Å². The average molecular weight is 201 g/mol. The molecule has 11 heavy (non-hydrogen) atoms. The number of carbonyl (C=O) groups excluding carboxylic acids is 1. The van der Waals surface area contributed by atoms with Crippen molar-refractivity contribution in [1.29, 1.82) is 0 Å². The second kappa shape index (κ2) is 4.76. The Balaban J connectivity index is 4.22. The molecule has 0 aliphatic rings. The maximum atomic E-state index is 11.2. The third-order valence-electron chi connectivity index (χ3n) is 1.82. The molecule has 0 radical (unpaired) electrons. The summed E-state index contributed by atoms with van der Waals surface area (Å²) in [6.07, 6.45) is 0. The predicted molar refractivity (Wildman–Crippen MR) is 41.3 cm³/mol. The topological polar surface area (TPSA) is 29.1 Å². The minimum atomic E-state index is -0.00463.